The molecule has 2 atom stereocenters. The molecule has 1 saturated carbocycles. The molecule has 1 heterocycles. The number of hydrogen-bond donors (Lipinski definition) is 2. The molecule has 0 unspecified atom stereocenters. The van der Waals surface area contributed by atoms with Crippen molar-refractivity contribution in [2.45, 2.75) is 39.0 Å². The van der Waals surface area contributed by atoms with Gasteiger partial charge in [-0.3, -0.25) is 9.59 Å². The van der Waals surface area contributed by atoms with Gasteiger partial charge in [0.05, 0.1) is 11.8 Å². The molecule has 1 aliphatic rings. The first kappa shape index (κ1) is 14.5. The first-order valence-corrected chi connectivity index (χ1v) is 6.82. The molecule has 0 aliphatic heterocycles. The third kappa shape index (κ3) is 3.55. The van der Waals surface area contributed by atoms with E-state index < -0.39 is 11.9 Å². The summed E-state index contributed by atoms with van der Waals surface area (Å²) in [7, 11) is 0. The fourth-order valence-electron chi connectivity index (χ4n) is 1.94. The van der Waals surface area contributed by atoms with Crippen molar-refractivity contribution in [3.05, 3.63) is 11.7 Å². The molecule has 2 N–H and O–H groups in total. The highest BCUT2D eigenvalue weighted by Crippen LogP contribution is 2.38. The molecular formula is C13H19N3O4. The summed E-state index contributed by atoms with van der Waals surface area (Å²) in [5, 5.41) is 15.3. The molecule has 7 nitrogen and oxygen atoms in total. The average Bonchev–Trinajstić information content (AvgIpc) is 3.06. The van der Waals surface area contributed by atoms with E-state index in [1.54, 1.807) is 0 Å². The molecular weight excluding hydrogens is 262 g/mol. The SMILES string of the molecule is CC(C)c1noc(CCCNC(=O)[C@@H]2C[C@@H]2C(=O)O)n1. The second-order valence-electron chi connectivity index (χ2n) is 5.38. The summed E-state index contributed by atoms with van der Waals surface area (Å²) in [6.07, 6.45) is 1.74. The second kappa shape index (κ2) is 6.02. The zero-order chi connectivity index (χ0) is 14.7. The average molecular weight is 281 g/mol. The molecule has 0 bridgehead atoms. The predicted molar refractivity (Wildman–Crippen MR) is 69.0 cm³/mol. The summed E-state index contributed by atoms with van der Waals surface area (Å²) in [5.74, 6) is -0.440. The predicted octanol–water partition coefficient (Wildman–Crippen LogP) is 0.963. The number of aromatic nitrogens is 2. The zero-order valence-electron chi connectivity index (χ0n) is 11.6. The van der Waals surface area contributed by atoms with E-state index in [1.165, 1.54) is 0 Å². The molecule has 0 radical (unpaired) electrons. The van der Waals surface area contributed by atoms with Gasteiger partial charge in [-0.25, -0.2) is 0 Å². The molecule has 0 saturated heterocycles. The maximum Gasteiger partial charge on any atom is 0.307 e. The largest absolute Gasteiger partial charge is 0.481 e. The van der Waals surface area contributed by atoms with Gasteiger partial charge in [0, 0.05) is 18.9 Å². The van der Waals surface area contributed by atoms with Crippen LogP contribution >= 0.6 is 0 Å². The number of hydrogen-bond acceptors (Lipinski definition) is 5. The van der Waals surface area contributed by atoms with Crippen LogP contribution in [0.5, 0.6) is 0 Å². The van der Waals surface area contributed by atoms with Crippen LogP contribution in [0.2, 0.25) is 0 Å². The van der Waals surface area contributed by atoms with E-state index in [1.807, 2.05) is 13.8 Å². The normalized spacial score (nSPS) is 20.9. The number of nitrogens with one attached hydrogen (secondary N) is 1. The summed E-state index contributed by atoms with van der Waals surface area (Å²) in [6, 6.07) is 0. The lowest BCUT2D eigenvalue weighted by Crippen LogP contribution is -2.27. The fourth-order valence-corrected chi connectivity index (χ4v) is 1.94. The standard InChI is InChI=1S/C13H19N3O4/c1-7(2)11-15-10(20-16-11)4-3-5-14-12(17)8-6-9(8)13(18)19/h7-9H,3-6H2,1-2H3,(H,14,17)(H,18,19)/t8-,9+/m1/s1. The molecule has 1 aromatic heterocycles. The highest BCUT2D eigenvalue weighted by atomic mass is 16.5. The number of aryl methyl sites for hydroxylation is 1. The minimum absolute atomic E-state index is 0.175. The summed E-state index contributed by atoms with van der Waals surface area (Å²) < 4.78 is 5.09. The lowest BCUT2D eigenvalue weighted by Gasteiger charge is -2.02. The monoisotopic (exact) mass is 281 g/mol. The number of nitrogens with zero attached hydrogens (tertiary/aromatic N) is 2. The van der Waals surface area contributed by atoms with Gasteiger partial charge in [0.1, 0.15) is 0 Å². The molecule has 0 spiro atoms. The number of amides is 1. The van der Waals surface area contributed by atoms with Crippen LogP contribution < -0.4 is 5.32 Å². The molecule has 7 heteroatoms. The van der Waals surface area contributed by atoms with Crippen molar-refractivity contribution in [1.82, 2.24) is 15.5 Å². The Morgan fingerprint density at radius 3 is 2.75 bits per heavy atom. The first-order chi connectivity index (χ1) is 9.49. The maximum atomic E-state index is 11.6. The quantitative estimate of drug-likeness (QED) is 0.721. The molecule has 20 heavy (non-hydrogen) atoms. The Labute approximate surface area is 116 Å². The van der Waals surface area contributed by atoms with Gasteiger partial charge in [-0.05, 0) is 12.8 Å². The molecule has 2 rings (SSSR count). The molecule has 1 fully saturated rings. The van der Waals surface area contributed by atoms with E-state index in [4.69, 9.17) is 9.63 Å². The van der Waals surface area contributed by atoms with Gasteiger partial charge in [-0.1, -0.05) is 19.0 Å². The highest BCUT2D eigenvalue weighted by molar-refractivity contribution is 5.89. The van der Waals surface area contributed by atoms with Gasteiger partial charge in [-0.15, -0.1) is 0 Å². The first-order valence-electron chi connectivity index (χ1n) is 6.82. The highest BCUT2D eigenvalue weighted by Gasteiger charge is 2.48. The Kier molecular flexibility index (Phi) is 4.36. The number of aliphatic carboxylic acids is 1. The number of carboxylic acids is 1. The molecule has 1 aliphatic carbocycles. The second-order valence-corrected chi connectivity index (χ2v) is 5.38. The zero-order valence-corrected chi connectivity index (χ0v) is 11.6. The van der Waals surface area contributed by atoms with E-state index in [2.05, 4.69) is 15.5 Å². The third-order valence-corrected chi connectivity index (χ3v) is 3.31. The van der Waals surface area contributed by atoms with Crippen LogP contribution in [0.1, 0.15) is 44.3 Å². The van der Waals surface area contributed by atoms with Crippen molar-refractivity contribution in [3.63, 3.8) is 0 Å². The smallest absolute Gasteiger partial charge is 0.307 e. The lowest BCUT2D eigenvalue weighted by molar-refractivity contribution is -0.140. The summed E-state index contributed by atoms with van der Waals surface area (Å²) >= 11 is 0. The van der Waals surface area contributed by atoms with E-state index in [9.17, 15) is 9.59 Å². The van der Waals surface area contributed by atoms with Gasteiger partial charge < -0.3 is 14.9 Å². The topological polar surface area (TPSA) is 105 Å². The van der Waals surface area contributed by atoms with Crippen LogP contribution in [-0.2, 0) is 16.0 Å². The summed E-state index contributed by atoms with van der Waals surface area (Å²) in [4.78, 5) is 26.5. The van der Waals surface area contributed by atoms with E-state index in [-0.39, 0.29) is 17.7 Å². The maximum absolute atomic E-state index is 11.6. The number of carboxylic acid groups (broad SMARTS) is 1. The number of carbonyl (C=O) groups is 2. The van der Waals surface area contributed by atoms with E-state index in [0.29, 0.717) is 37.5 Å². The van der Waals surface area contributed by atoms with Crippen molar-refractivity contribution in [3.8, 4) is 0 Å². The van der Waals surface area contributed by atoms with Crippen molar-refractivity contribution >= 4 is 11.9 Å². The van der Waals surface area contributed by atoms with Crippen LogP contribution in [0, 0.1) is 11.8 Å². The van der Waals surface area contributed by atoms with Crippen molar-refractivity contribution in [1.29, 1.82) is 0 Å². The number of rotatable bonds is 7. The van der Waals surface area contributed by atoms with Gasteiger partial charge in [0.25, 0.3) is 0 Å². The van der Waals surface area contributed by atoms with E-state index in [0.717, 1.165) is 0 Å². The summed E-state index contributed by atoms with van der Waals surface area (Å²) in [6.45, 7) is 4.47. The Morgan fingerprint density at radius 2 is 2.20 bits per heavy atom. The fraction of sp³-hybridized carbons (Fsp3) is 0.692. The van der Waals surface area contributed by atoms with Gasteiger partial charge in [0.15, 0.2) is 5.82 Å². The molecule has 0 aromatic carbocycles. The van der Waals surface area contributed by atoms with Crippen LogP contribution in [-0.4, -0.2) is 33.7 Å². The minimum atomic E-state index is -0.891. The Hall–Kier alpha value is -1.92. The van der Waals surface area contributed by atoms with Crippen molar-refractivity contribution in [2.24, 2.45) is 11.8 Å². The molecule has 1 aromatic rings. The minimum Gasteiger partial charge on any atom is -0.481 e. The lowest BCUT2D eigenvalue weighted by atomic mass is 10.2. The molecule has 110 valence electrons. The van der Waals surface area contributed by atoms with Crippen molar-refractivity contribution < 1.29 is 19.2 Å². The van der Waals surface area contributed by atoms with Crippen LogP contribution in [0.4, 0.5) is 0 Å². The number of carbonyl (C=O) groups excluding carboxylic acids is 1. The van der Waals surface area contributed by atoms with Crippen LogP contribution in [0.15, 0.2) is 4.52 Å². The summed E-state index contributed by atoms with van der Waals surface area (Å²) in [5.41, 5.74) is 0. The van der Waals surface area contributed by atoms with Crippen LogP contribution in [0.25, 0.3) is 0 Å². The Morgan fingerprint density at radius 1 is 1.45 bits per heavy atom. The van der Waals surface area contributed by atoms with Crippen molar-refractivity contribution in [2.75, 3.05) is 6.54 Å². The Balaban J connectivity index is 1.64. The third-order valence-electron chi connectivity index (χ3n) is 3.31. The molecule has 1 amide bonds. The van der Waals surface area contributed by atoms with Crippen LogP contribution in [0.3, 0.4) is 0 Å². The Bertz CT molecular complexity index is 498. The van der Waals surface area contributed by atoms with Gasteiger partial charge in [0.2, 0.25) is 11.8 Å². The van der Waals surface area contributed by atoms with E-state index >= 15 is 0 Å². The van der Waals surface area contributed by atoms with Gasteiger partial charge >= 0.3 is 5.97 Å². The van der Waals surface area contributed by atoms with Gasteiger partial charge in [-0.2, -0.15) is 4.98 Å².